The predicted molar refractivity (Wildman–Crippen MR) is 104 cm³/mol. The zero-order chi connectivity index (χ0) is 19.5. The fourth-order valence-corrected chi connectivity index (χ4v) is 2.95. The van der Waals surface area contributed by atoms with Gasteiger partial charge in [-0.1, -0.05) is 52.5 Å². The Morgan fingerprint density at radius 2 is 1.73 bits per heavy atom. The lowest BCUT2D eigenvalue weighted by Crippen LogP contribution is -2.49. The minimum Gasteiger partial charge on any atom is -0.362 e. The number of halogens is 3. The van der Waals surface area contributed by atoms with Crippen LogP contribution in [0.15, 0.2) is 53.4 Å². The summed E-state index contributed by atoms with van der Waals surface area (Å²) in [6.07, 6.45) is -1.07. The molecule has 0 saturated heterocycles. The number of sulfonamides is 1. The first kappa shape index (κ1) is 20.8. The molecule has 0 heterocycles. The largest absolute Gasteiger partial charge is 0.362 e. The second-order valence-corrected chi connectivity index (χ2v) is 9.46. The molecule has 2 rings (SSSR count). The van der Waals surface area contributed by atoms with Crippen molar-refractivity contribution in [1.29, 1.82) is 0 Å². The van der Waals surface area contributed by atoms with Crippen molar-refractivity contribution >= 4 is 56.4 Å². The fraction of sp³-hybridized carbons (Fsp3) is 0.188. The summed E-state index contributed by atoms with van der Waals surface area (Å²) in [6.45, 7) is 1.86. The molecule has 6 nitrogen and oxygen atoms in total. The Morgan fingerprint density at radius 3 is 2.23 bits per heavy atom. The number of rotatable bonds is 5. The van der Waals surface area contributed by atoms with Gasteiger partial charge in [0.05, 0.1) is 4.90 Å². The van der Waals surface area contributed by atoms with Crippen LogP contribution in [0.3, 0.4) is 0 Å². The van der Waals surface area contributed by atoms with Crippen molar-refractivity contribution in [3.8, 4) is 0 Å². The van der Waals surface area contributed by atoms with Gasteiger partial charge >= 0.3 is 0 Å². The second-order valence-electron chi connectivity index (χ2n) is 5.53. The molecule has 2 aromatic rings. The van der Waals surface area contributed by atoms with Crippen LogP contribution < -0.4 is 15.8 Å². The van der Waals surface area contributed by atoms with E-state index in [4.69, 9.17) is 39.9 Å². The zero-order valence-corrected chi connectivity index (χ0v) is 16.6. The number of amides is 1. The Bertz CT molecular complexity index is 897. The number of aryl methyl sites for hydroxylation is 1. The van der Waals surface area contributed by atoms with E-state index in [9.17, 15) is 13.2 Å². The molecule has 0 saturated carbocycles. The number of carbonyl (C=O) groups is 1. The summed E-state index contributed by atoms with van der Waals surface area (Å²) in [5.41, 5.74) is 1.75. The SMILES string of the molecule is Cc1cccc(C(=O)NC(Nc2ccc(S(N)(=O)=O)cc2)C(Cl)(Cl)Cl)c1. The minimum atomic E-state index is -3.81. The summed E-state index contributed by atoms with van der Waals surface area (Å²) >= 11 is 17.9. The summed E-state index contributed by atoms with van der Waals surface area (Å²) < 4.78 is 20.7. The molecule has 1 amide bonds. The Morgan fingerprint density at radius 1 is 1.12 bits per heavy atom. The third-order valence-electron chi connectivity index (χ3n) is 3.38. The summed E-state index contributed by atoms with van der Waals surface area (Å²) in [5, 5.41) is 10.5. The van der Waals surface area contributed by atoms with Crippen molar-refractivity contribution in [2.45, 2.75) is 21.8 Å². The summed E-state index contributed by atoms with van der Waals surface area (Å²) in [7, 11) is -3.81. The molecular formula is C16H16Cl3N3O3S. The molecule has 1 unspecified atom stereocenters. The van der Waals surface area contributed by atoms with Crippen molar-refractivity contribution in [1.82, 2.24) is 5.32 Å². The molecule has 140 valence electrons. The van der Waals surface area contributed by atoms with Gasteiger partial charge in [-0.05, 0) is 43.3 Å². The third kappa shape index (κ3) is 5.75. The van der Waals surface area contributed by atoms with Crippen molar-refractivity contribution in [3.05, 3.63) is 59.7 Å². The number of benzene rings is 2. The van der Waals surface area contributed by atoms with Gasteiger partial charge in [-0.15, -0.1) is 0 Å². The monoisotopic (exact) mass is 435 g/mol. The molecule has 2 aromatic carbocycles. The van der Waals surface area contributed by atoms with Gasteiger partial charge in [-0.3, -0.25) is 4.79 Å². The lowest BCUT2D eigenvalue weighted by atomic mass is 10.1. The molecule has 0 radical (unpaired) electrons. The van der Waals surface area contributed by atoms with Gasteiger partial charge in [0, 0.05) is 11.3 Å². The van der Waals surface area contributed by atoms with E-state index in [1.807, 2.05) is 13.0 Å². The highest BCUT2D eigenvalue weighted by atomic mass is 35.6. The van der Waals surface area contributed by atoms with E-state index in [0.717, 1.165) is 5.56 Å². The maximum Gasteiger partial charge on any atom is 0.252 e. The van der Waals surface area contributed by atoms with Gasteiger partial charge in [0.1, 0.15) is 6.17 Å². The van der Waals surface area contributed by atoms with Crippen LogP contribution in [0.2, 0.25) is 0 Å². The van der Waals surface area contributed by atoms with Crippen molar-refractivity contribution in [3.63, 3.8) is 0 Å². The van der Waals surface area contributed by atoms with E-state index in [1.165, 1.54) is 24.3 Å². The summed E-state index contributed by atoms with van der Waals surface area (Å²) in [5.74, 6) is -0.432. The molecule has 0 fully saturated rings. The highest BCUT2D eigenvalue weighted by Gasteiger charge is 2.34. The Kier molecular flexibility index (Phi) is 6.42. The highest BCUT2D eigenvalue weighted by molar-refractivity contribution is 7.89. The first-order chi connectivity index (χ1) is 12.0. The van der Waals surface area contributed by atoms with Crippen molar-refractivity contribution in [2.75, 3.05) is 5.32 Å². The molecule has 1 atom stereocenters. The van der Waals surface area contributed by atoms with Crippen LogP contribution in [-0.4, -0.2) is 24.3 Å². The normalized spacial score (nSPS) is 13.1. The molecule has 0 aromatic heterocycles. The average molecular weight is 437 g/mol. The number of alkyl halides is 3. The smallest absolute Gasteiger partial charge is 0.252 e. The Labute approximate surface area is 166 Å². The van der Waals surface area contributed by atoms with Crippen LogP contribution in [0, 0.1) is 6.92 Å². The van der Waals surface area contributed by atoms with E-state index in [-0.39, 0.29) is 4.90 Å². The van der Waals surface area contributed by atoms with Crippen LogP contribution in [-0.2, 0) is 10.0 Å². The second kappa shape index (κ2) is 8.02. The van der Waals surface area contributed by atoms with E-state index in [2.05, 4.69) is 10.6 Å². The number of carbonyl (C=O) groups excluding carboxylic acids is 1. The number of nitrogens with one attached hydrogen (secondary N) is 2. The van der Waals surface area contributed by atoms with Gasteiger partial charge in [0.25, 0.3) is 5.91 Å². The van der Waals surface area contributed by atoms with Gasteiger partial charge in [0.2, 0.25) is 13.8 Å². The number of hydrogen-bond acceptors (Lipinski definition) is 4. The molecule has 0 aliphatic heterocycles. The zero-order valence-electron chi connectivity index (χ0n) is 13.5. The van der Waals surface area contributed by atoms with Gasteiger partial charge in [-0.25, -0.2) is 13.6 Å². The topological polar surface area (TPSA) is 101 Å². The maximum atomic E-state index is 12.4. The van der Waals surface area contributed by atoms with Crippen molar-refractivity contribution < 1.29 is 13.2 Å². The van der Waals surface area contributed by atoms with Crippen LogP contribution >= 0.6 is 34.8 Å². The van der Waals surface area contributed by atoms with Gasteiger partial charge in [0.15, 0.2) is 0 Å². The number of hydrogen-bond donors (Lipinski definition) is 3. The van der Waals surface area contributed by atoms with E-state index in [0.29, 0.717) is 11.3 Å². The lowest BCUT2D eigenvalue weighted by molar-refractivity contribution is 0.0941. The van der Waals surface area contributed by atoms with Crippen LogP contribution in [0.5, 0.6) is 0 Å². The molecule has 0 bridgehead atoms. The van der Waals surface area contributed by atoms with E-state index < -0.39 is 25.9 Å². The van der Waals surface area contributed by atoms with Gasteiger partial charge < -0.3 is 10.6 Å². The minimum absolute atomic E-state index is 0.0581. The number of anilines is 1. The maximum absolute atomic E-state index is 12.4. The van der Waals surface area contributed by atoms with Crippen LogP contribution in [0.4, 0.5) is 5.69 Å². The highest BCUT2D eigenvalue weighted by Crippen LogP contribution is 2.31. The van der Waals surface area contributed by atoms with E-state index >= 15 is 0 Å². The molecule has 0 spiro atoms. The van der Waals surface area contributed by atoms with E-state index in [1.54, 1.807) is 18.2 Å². The molecule has 0 aliphatic rings. The van der Waals surface area contributed by atoms with Crippen LogP contribution in [0.1, 0.15) is 15.9 Å². The number of primary sulfonamides is 1. The summed E-state index contributed by atoms with van der Waals surface area (Å²) in [6, 6.07) is 12.4. The molecule has 4 N–H and O–H groups in total. The molecule has 10 heteroatoms. The Hall–Kier alpha value is -1.51. The average Bonchev–Trinajstić information content (AvgIpc) is 2.53. The fourth-order valence-electron chi connectivity index (χ4n) is 2.11. The van der Waals surface area contributed by atoms with Crippen molar-refractivity contribution in [2.24, 2.45) is 5.14 Å². The Balaban J connectivity index is 2.19. The number of nitrogens with two attached hydrogens (primary N) is 1. The third-order valence-corrected chi connectivity index (χ3v) is 4.96. The lowest BCUT2D eigenvalue weighted by Gasteiger charge is -2.27. The standard InChI is InChI=1S/C16H16Cl3N3O3S/c1-10-3-2-4-11(9-10)14(23)22-15(16(17,18)19)21-12-5-7-13(8-6-12)26(20,24)25/h2-9,15,21H,1H3,(H,22,23)(H2,20,24,25). The molecular weight excluding hydrogens is 421 g/mol. The predicted octanol–water partition coefficient (Wildman–Crippen LogP) is 3.18. The quantitative estimate of drug-likeness (QED) is 0.495. The van der Waals surface area contributed by atoms with Gasteiger partial charge in [-0.2, -0.15) is 0 Å². The molecule has 26 heavy (non-hydrogen) atoms. The summed E-state index contributed by atoms with van der Waals surface area (Å²) in [4.78, 5) is 12.3. The first-order valence-electron chi connectivity index (χ1n) is 7.30. The van der Waals surface area contributed by atoms with Crippen LogP contribution in [0.25, 0.3) is 0 Å². The first-order valence-corrected chi connectivity index (χ1v) is 9.98. The molecule has 0 aliphatic carbocycles.